The van der Waals surface area contributed by atoms with E-state index < -0.39 is 0 Å². The van der Waals surface area contributed by atoms with Gasteiger partial charge in [-0.1, -0.05) is 6.07 Å². The Bertz CT molecular complexity index is 428. The molecule has 0 radical (unpaired) electrons. The highest BCUT2D eigenvalue weighted by Gasteiger charge is 2.41. The maximum atomic E-state index is 12.1. The zero-order valence-corrected chi connectivity index (χ0v) is 10.1. The first-order valence-corrected chi connectivity index (χ1v) is 5.93. The molecule has 1 aliphatic carbocycles. The second kappa shape index (κ2) is 4.37. The van der Waals surface area contributed by atoms with Crippen molar-refractivity contribution in [3.05, 3.63) is 29.8 Å². The van der Waals surface area contributed by atoms with Gasteiger partial charge in [-0.3, -0.25) is 4.79 Å². The van der Waals surface area contributed by atoms with Gasteiger partial charge in [0.2, 0.25) is 0 Å². The Balaban J connectivity index is 2.10. The van der Waals surface area contributed by atoms with E-state index in [1.807, 2.05) is 6.92 Å². The van der Waals surface area contributed by atoms with Gasteiger partial charge >= 0.3 is 0 Å². The van der Waals surface area contributed by atoms with Gasteiger partial charge in [0.1, 0.15) is 0 Å². The SMILES string of the molecule is CC(CN)(NC(=O)c1cccc(N)c1)C1CC1. The van der Waals surface area contributed by atoms with Crippen LogP contribution in [0.1, 0.15) is 30.1 Å². The van der Waals surface area contributed by atoms with Crippen LogP contribution in [0.4, 0.5) is 5.69 Å². The second-order valence-electron chi connectivity index (χ2n) is 4.98. The van der Waals surface area contributed by atoms with Crippen molar-refractivity contribution in [2.75, 3.05) is 12.3 Å². The van der Waals surface area contributed by atoms with E-state index in [1.54, 1.807) is 24.3 Å². The largest absolute Gasteiger partial charge is 0.399 e. The second-order valence-corrected chi connectivity index (χ2v) is 4.98. The lowest BCUT2D eigenvalue weighted by Gasteiger charge is -2.29. The van der Waals surface area contributed by atoms with E-state index in [-0.39, 0.29) is 11.4 Å². The lowest BCUT2D eigenvalue weighted by atomic mass is 9.95. The summed E-state index contributed by atoms with van der Waals surface area (Å²) in [6, 6.07) is 6.98. The summed E-state index contributed by atoms with van der Waals surface area (Å²) in [5.41, 5.74) is 12.3. The minimum Gasteiger partial charge on any atom is -0.399 e. The molecular formula is C13H19N3O. The number of nitrogen functional groups attached to an aromatic ring is 1. The fourth-order valence-electron chi connectivity index (χ4n) is 2.05. The number of nitrogens with one attached hydrogen (secondary N) is 1. The standard InChI is InChI=1S/C13H19N3O/c1-13(8-14,10-5-6-10)16-12(17)9-3-2-4-11(15)7-9/h2-4,7,10H,5-6,8,14-15H2,1H3,(H,16,17). The van der Waals surface area contributed by atoms with Gasteiger partial charge in [-0.15, -0.1) is 0 Å². The molecule has 2 rings (SSSR count). The lowest BCUT2D eigenvalue weighted by Crippen LogP contribution is -2.53. The number of nitrogens with two attached hydrogens (primary N) is 2. The van der Waals surface area contributed by atoms with Gasteiger partial charge in [0.25, 0.3) is 5.91 Å². The summed E-state index contributed by atoms with van der Waals surface area (Å²) in [4.78, 5) is 12.1. The van der Waals surface area contributed by atoms with E-state index in [2.05, 4.69) is 5.32 Å². The first-order valence-electron chi connectivity index (χ1n) is 5.93. The van der Waals surface area contributed by atoms with Gasteiger partial charge in [0.05, 0.1) is 5.54 Å². The maximum Gasteiger partial charge on any atom is 0.251 e. The van der Waals surface area contributed by atoms with Gasteiger partial charge in [-0.25, -0.2) is 0 Å². The van der Waals surface area contributed by atoms with Crippen LogP contribution in [-0.2, 0) is 0 Å². The van der Waals surface area contributed by atoms with Crippen LogP contribution in [0.2, 0.25) is 0 Å². The summed E-state index contributed by atoms with van der Waals surface area (Å²) in [5, 5.41) is 3.03. The molecule has 1 saturated carbocycles. The van der Waals surface area contributed by atoms with Crippen LogP contribution in [0.5, 0.6) is 0 Å². The van der Waals surface area contributed by atoms with Crippen molar-refractivity contribution < 1.29 is 4.79 Å². The highest BCUT2D eigenvalue weighted by Crippen LogP contribution is 2.39. The quantitative estimate of drug-likeness (QED) is 0.682. The fourth-order valence-corrected chi connectivity index (χ4v) is 2.05. The molecule has 0 bridgehead atoms. The van der Waals surface area contributed by atoms with Gasteiger partial charge in [0, 0.05) is 17.8 Å². The molecule has 0 aliphatic heterocycles. The van der Waals surface area contributed by atoms with Gasteiger partial charge in [0.15, 0.2) is 0 Å². The monoisotopic (exact) mass is 233 g/mol. The Morgan fingerprint density at radius 1 is 1.53 bits per heavy atom. The highest BCUT2D eigenvalue weighted by atomic mass is 16.1. The minimum absolute atomic E-state index is 0.0999. The third-order valence-electron chi connectivity index (χ3n) is 3.45. The van der Waals surface area contributed by atoms with Gasteiger partial charge < -0.3 is 16.8 Å². The molecule has 1 unspecified atom stereocenters. The number of benzene rings is 1. The smallest absolute Gasteiger partial charge is 0.251 e. The van der Waals surface area contributed by atoms with Crippen molar-refractivity contribution in [2.45, 2.75) is 25.3 Å². The van der Waals surface area contributed by atoms with Crippen molar-refractivity contribution in [1.29, 1.82) is 0 Å². The van der Waals surface area contributed by atoms with E-state index in [0.717, 1.165) is 12.8 Å². The van der Waals surface area contributed by atoms with Crippen LogP contribution >= 0.6 is 0 Å². The van der Waals surface area contributed by atoms with Crippen molar-refractivity contribution in [3.8, 4) is 0 Å². The molecule has 4 nitrogen and oxygen atoms in total. The van der Waals surface area contributed by atoms with Crippen molar-refractivity contribution in [2.24, 2.45) is 11.7 Å². The number of carbonyl (C=O) groups is 1. The van der Waals surface area contributed by atoms with Crippen LogP contribution in [0.15, 0.2) is 24.3 Å². The van der Waals surface area contributed by atoms with Crippen LogP contribution in [0, 0.1) is 5.92 Å². The predicted molar refractivity (Wildman–Crippen MR) is 68.5 cm³/mol. The predicted octanol–water partition coefficient (Wildman–Crippen LogP) is 1.13. The van der Waals surface area contributed by atoms with Gasteiger partial charge in [-0.2, -0.15) is 0 Å². The molecule has 17 heavy (non-hydrogen) atoms. The lowest BCUT2D eigenvalue weighted by molar-refractivity contribution is 0.0898. The molecule has 1 aromatic rings. The van der Waals surface area contributed by atoms with Crippen LogP contribution in [-0.4, -0.2) is 18.0 Å². The average molecular weight is 233 g/mol. The minimum atomic E-state index is -0.290. The summed E-state index contributed by atoms with van der Waals surface area (Å²) in [7, 11) is 0. The average Bonchev–Trinajstić information content (AvgIpc) is 3.13. The van der Waals surface area contributed by atoms with E-state index in [4.69, 9.17) is 11.5 Å². The summed E-state index contributed by atoms with van der Waals surface area (Å²) >= 11 is 0. The molecule has 1 atom stereocenters. The molecule has 0 saturated heterocycles. The molecule has 4 heteroatoms. The molecule has 0 spiro atoms. The van der Waals surface area contributed by atoms with E-state index >= 15 is 0 Å². The molecule has 92 valence electrons. The first-order chi connectivity index (χ1) is 8.05. The Labute approximate surface area is 101 Å². The number of hydrogen-bond acceptors (Lipinski definition) is 3. The highest BCUT2D eigenvalue weighted by molar-refractivity contribution is 5.95. The van der Waals surface area contributed by atoms with Gasteiger partial charge in [-0.05, 0) is 43.9 Å². The summed E-state index contributed by atoms with van der Waals surface area (Å²) in [5.74, 6) is 0.412. The Morgan fingerprint density at radius 3 is 2.76 bits per heavy atom. The third kappa shape index (κ3) is 2.58. The number of anilines is 1. The fraction of sp³-hybridized carbons (Fsp3) is 0.462. The molecule has 0 aromatic heterocycles. The Kier molecular flexibility index (Phi) is 3.07. The normalized spacial score (nSPS) is 18.5. The summed E-state index contributed by atoms with van der Waals surface area (Å²) in [6.07, 6.45) is 2.29. The number of carbonyl (C=O) groups excluding carboxylic acids is 1. The number of rotatable bonds is 4. The molecule has 1 fully saturated rings. The first kappa shape index (κ1) is 11.9. The van der Waals surface area contributed by atoms with Crippen molar-refractivity contribution in [1.82, 2.24) is 5.32 Å². The van der Waals surface area contributed by atoms with Crippen LogP contribution in [0.3, 0.4) is 0 Å². The third-order valence-corrected chi connectivity index (χ3v) is 3.45. The Hall–Kier alpha value is -1.55. The van der Waals surface area contributed by atoms with Crippen molar-refractivity contribution >= 4 is 11.6 Å². The van der Waals surface area contributed by atoms with Crippen LogP contribution < -0.4 is 16.8 Å². The molecule has 0 heterocycles. The maximum absolute atomic E-state index is 12.1. The Morgan fingerprint density at radius 2 is 2.24 bits per heavy atom. The molecular weight excluding hydrogens is 214 g/mol. The molecule has 1 amide bonds. The van der Waals surface area contributed by atoms with E-state index in [0.29, 0.717) is 23.7 Å². The topological polar surface area (TPSA) is 81.1 Å². The van der Waals surface area contributed by atoms with E-state index in [1.165, 1.54) is 0 Å². The summed E-state index contributed by atoms with van der Waals surface area (Å²) in [6.45, 7) is 2.47. The van der Waals surface area contributed by atoms with Crippen molar-refractivity contribution in [3.63, 3.8) is 0 Å². The van der Waals surface area contributed by atoms with E-state index in [9.17, 15) is 4.79 Å². The van der Waals surface area contributed by atoms with Crippen LogP contribution in [0.25, 0.3) is 0 Å². The zero-order valence-electron chi connectivity index (χ0n) is 10.1. The number of hydrogen-bond donors (Lipinski definition) is 3. The zero-order chi connectivity index (χ0) is 12.5. The molecule has 1 aromatic carbocycles. The molecule has 5 N–H and O–H groups in total. The molecule has 1 aliphatic rings. The summed E-state index contributed by atoms with van der Waals surface area (Å²) < 4.78 is 0. The number of amides is 1.